The van der Waals surface area contributed by atoms with Crippen LogP contribution in [-0.2, 0) is 19.6 Å². The van der Waals surface area contributed by atoms with Crippen molar-refractivity contribution in [3.8, 4) is 0 Å². The maximum Gasteiger partial charge on any atom is 0.243 e. The van der Waals surface area contributed by atoms with E-state index in [1.807, 2.05) is 0 Å². The molecule has 0 bridgehead atoms. The number of sulfonamides is 1. The first-order valence-electron chi connectivity index (χ1n) is 9.23. The number of anilines is 1. The second-order valence-corrected chi connectivity index (χ2v) is 8.85. The molecule has 4 rings (SSSR count). The number of rotatable bonds is 4. The van der Waals surface area contributed by atoms with Crippen molar-refractivity contribution >= 4 is 21.6 Å². The molecule has 8 heteroatoms. The topological polar surface area (TPSA) is 66.9 Å². The van der Waals surface area contributed by atoms with Crippen molar-refractivity contribution in [1.82, 2.24) is 4.31 Å². The van der Waals surface area contributed by atoms with Gasteiger partial charge < -0.3 is 9.64 Å². The van der Waals surface area contributed by atoms with Crippen molar-refractivity contribution < 1.29 is 22.3 Å². The molecule has 28 heavy (non-hydrogen) atoms. The summed E-state index contributed by atoms with van der Waals surface area (Å²) < 4.78 is 46.3. The largest absolute Gasteiger partial charge is 0.371 e. The second-order valence-electron chi connectivity index (χ2n) is 6.92. The fourth-order valence-electron chi connectivity index (χ4n) is 3.59. The summed E-state index contributed by atoms with van der Waals surface area (Å²) in [6, 6.07) is 12.3. The van der Waals surface area contributed by atoms with Crippen LogP contribution in [0.2, 0.25) is 0 Å². The molecule has 2 aliphatic heterocycles. The number of ether oxygens (including phenoxy) is 1. The Balaban J connectivity index is 1.52. The van der Waals surface area contributed by atoms with Crippen LogP contribution >= 0.6 is 0 Å². The molecule has 2 aromatic rings. The zero-order valence-corrected chi connectivity index (χ0v) is 16.1. The molecular weight excluding hydrogens is 383 g/mol. The second kappa shape index (κ2) is 7.62. The van der Waals surface area contributed by atoms with E-state index >= 15 is 0 Å². The van der Waals surface area contributed by atoms with E-state index < -0.39 is 16.1 Å². The van der Waals surface area contributed by atoms with E-state index in [0.717, 1.165) is 12.0 Å². The normalized spacial score (nSPS) is 21.2. The van der Waals surface area contributed by atoms with Gasteiger partial charge in [0.1, 0.15) is 5.82 Å². The van der Waals surface area contributed by atoms with Crippen LogP contribution < -0.4 is 4.90 Å². The molecule has 0 aliphatic carbocycles. The molecule has 2 saturated heterocycles. The Kier molecular flexibility index (Phi) is 5.18. The fraction of sp³-hybridized carbons (Fsp3) is 0.350. The molecule has 0 aromatic heterocycles. The number of carbonyl (C=O) groups is 1. The molecule has 0 spiro atoms. The number of amides is 1. The van der Waals surface area contributed by atoms with E-state index in [4.69, 9.17) is 4.74 Å². The Morgan fingerprint density at radius 2 is 1.71 bits per heavy atom. The molecule has 1 atom stereocenters. The Hall–Kier alpha value is -2.29. The minimum Gasteiger partial charge on any atom is -0.371 e. The number of hydrogen-bond donors (Lipinski definition) is 0. The highest BCUT2D eigenvalue weighted by molar-refractivity contribution is 7.89. The minimum absolute atomic E-state index is 0.0610. The standard InChI is InChI=1S/C20H21FN2O4S/c21-16-5-3-15(4-6-16)19-14-22(12-13-27-19)28(25,26)18-9-7-17(8-10-18)23-11-1-2-20(23)24/h3-10,19H,1-2,11-14H2/t19-/m1/s1. The molecule has 2 heterocycles. The maximum absolute atomic E-state index is 13.1. The third-order valence-electron chi connectivity index (χ3n) is 5.13. The van der Waals surface area contributed by atoms with E-state index in [0.29, 0.717) is 18.7 Å². The quantitative estimate of drug-likeness (QED) is 0.786. The van der Waals surface area contributed by atoms with Crippen molar-refractivity contribution in [2.45, 2.75) is 23.8 Å². The highest BCUT2D eigenvalue weighted by Gasteiger charge is 2.32. The van der Waals surface area contributed by atoms with Gasteiger partial charge in [-0.1, -0.05) is 12.1 Å². The molecule has 2 aromatic carbocycles. The van der Waals surface area contributed by atoms with Crippen molar-refractivity contribution in [2.24, 2.45) is 0 Å². The Morgan fingerprint density at radius 1 is 1.00 bits per heavy atom. The highest BCUT2D eigenvalue weighted by Crippen LogP contribution is 2.28. The lowest BCUT2D eigenvalue weighted by molar-refractivity contribution is -0.117. The van der Waals surface area contributed by atoms with E-state index in [1.54, 1.807) is 41.3 Å². The highest BCUT2D eigenvalue weighted by atomic mass is 32.2. The van der Waals surface area contributed by atoms with Crippen LogP contribution in [0.25, 0.3) is 0 Å². The first-order chi connectivity index (χ1) is 13.4. The van der Waals surface area contributed by atoms with E-state index in [1.165, 1.54) is 16.4 Å². The van der Waals surface area contributed by atoms with Crippen LogP contribution in [0.5, 0.6) is 0 Å². The predicted octanol–water partition coefficient (Wildman–Crippen LogP) is 2.71. The SMILES string of the molecule is O=C1CCCN1c1ccc(S(=O)(=O)N2CCO[C@@H](c3ccc(F)cc3)C2)cc1. The van der Waals surface area contributed by atoms with Gasteiger partial charge in [-0.05, 0) is 48.4 Å². The number of carbonyl (C=O) groups excluding carboxylic acids is 1. The summed E-state index contributed by atoms with van der Waals surface area (Å²) in [5, 5.41) is 0. The number of hydrogen-bond acceptors (Lipinski definition) is 4. The van der Waals surface area contributed by atoms with Crippen molar-refractivity contribution in [3.63, 3.8) is 0 Å². The zero-order chi connectivity index (χ0) is 19.7. The number of nitrogens with zero attached hydrogens (tertiary/aromatic N) is 2. The van der Waals surface area contributed by atoms with Crippen molar-refractivity contribution in [3.05, 3.63) is 59.9 Å². The van der Waals surface area contributed by atoms with Crippen molar-refractivity contribution in [1.29, 1.82) is 0 Å². The van der Waals surface area contributed by atoms with Gasteiger partial charge in [-0.25, -0.2) is 12.8 Å². The van der Waals surface area contributed by atoms with Gasteiger partial charge in [0.05, 0.1) is 17.6 Å². The van der Waals surface area contributed by atoms with Gasteiger partial charge in [0.25, 0.3) is 0 Å². The van der Waals surface area contributed by atoms with Crippen molar-refractivity contribution in [2.75, 3.05) is 31.1 Å². The Morgan fingerprint density at radius 3 is 2.36 bits per heavy atom. The summed E-state index contributed by atoms with van der Waals surface area (Å²) >= 11 is 0. The Labute approximate surface area is 163 Å². The molecule has 2 fully saturated rings. The van der Waals surface area contributed by atoms with Crippen LogP contribution in [-0.4, -0.2) is 44.9 Å². The predicted molar refractivity (Wildman–Crippen MR) is 102 cm³/mol. The van der Waals surface area contributed by atoms with Crippen LogP contribution in [0, 0.1) is 5.82 Å². The number of halogens is 1. The molecule has 0 saturated carbocycles. The summed E-state index contributed by atoms with van der Waals surface area (Å²) in [5.41, 5.74) is 1.46. The van der Waals surface area contributed by atoms with E-state index in [9.17, 15) is 17.6 Å². The van der Waals surface area contributed by atoms with E-state index in [-0.39, 0.29) is 36.3 Å². The van der Waals surface area contributed by atoms with Gasteiger partial charge in [0.2, 0.25) is 15.9 Å². The monoisotopic (exact) mass is 404 g/mol. The Bertz CT molecular complexity index is 961. The van der Waals surface area contributed by atoms with Gasteiger partial charge in [0.15, 0.2) is 0 Å². The molecule has 2 aliphatic rings. The average Bonchev–Trinajstić information content (AvgIpc) is 3.15. The average molecular weight is 404 g/mol. The van der Waals surface area contributed by atoms with Gasteiger partial charge >= 0.3 is 0 Å². The van der Waals surface area contributed by atoms with Gasteiger partial charge in [-0.15, -0.1) is 0 Å². The van der Waals surface area contributed by atoms with Crippen LogP contribution in [0.4, 0.5) is 10.1 Å². The molecule has 1 amide bonds. The molecular formula is C20H21FN2O4S. The van der Waals surface area contributed by atoms with Gasteiger partial charge in [-0.3, -0.25) is 4.79 Å². The smallest absolute Gasteiger partial charge is 0.243 e. The molecule has 148 valence electrons. The van der Waals surface area contributed by atoms with Crippen LogP contribution in [0.15, 0.2) is 53.4 Å². The summed E-state index contributed by atoms with van der Waals surface area (Å²) in [5.74, 6) is -0.286. The number of benzene rings is 2. The first-order valence-corrected chi connectivity index (χ1v) is 10.7. The minimum atomic E-state index is -3.69. The molecule has 6 nitrogen and oxygen atoms in total. The van der Waals surface area contributed by atoms with Crippen LogP contribution in [0.1, 0.15) is 24.5 Å². The summed E-state index contributed by atoms with van der Waals surface area (Å²) in [6.07, 6.45) is 0.904. The maximum atomic E-state index is 13.1. The third kappa shape index (κ3) is 3.67. The lowest BCUT2D eigenvalue weighted by Crippen LogP contribution is -2.42. The summed E-state index contributed by atoms with van der Waals surface area (Å²) in [4.78, 5) is 13.7. The zero-order valence-electron chi connectivity index (χ0n) is 15.3. The summed E-state index contributed by atoms with van der Waals surface area (Å²) in [7, 11) is -3.69. The first kappa shape index (κ1) is 19.0. The molecule has 0 unspecified atom stereocenters. The lowest BCUT2D eigenvalue weighted by atomic mass is 10.1. The van der Waals surface area contributed by atoms with Gasteiger partial charge in [-0.2, -0.15) is 4.31 Å². The summed E-state index contributed by atoms with van der Waals surface area (Å²) in [6.45, 7) is 1.35. The van der Waals surface area contributed by atoms with Gasteiger partial charge in [0, 0.05) is 31.7 Å². The fourth-order valence-corrected chi connectivity index (χ4v) is 5.02. The van der Waals surface area contributed by atoms with Crippen LogP contribution in [0.3, 0.4) is 0 Å². The number of morpholine rings is 1. The third-order valence-corrected chi connectivity index (χ3v) is 7.01. The molecule has 0 radical (unpaired) electrons. The van der Waals surface area contributed by atoms with E-state index in [2.05, 4.69) is 0 Å². The molecule has 0 N–H and O–H groups in total. The lowest BCUT2D eigenvalue weighted by Gasteiger charge is -2.32.